The van der Waals surface area contributed by atoms with Gasteiger partial charge in [0.1, 0.15) is 0 Å². The second-order valence-corrected chi connectivity index (χ2v) is 6.12. The minimum absolute atomic E-state index is 0.687. The fraction of sp³-hybridized carbons (Fsp3) is 1.00. The molecule has 2 N–H and O–H groups in total. The molecule has 0 aromatic rings. The molecule has 4 atom stereocenters. The van der Waals surface area contributed by atoms with Crippen molar-refractivity contribution >= 4 is 0 Å². The zero-order valence-corrected chi connectivity index (χ0v) is 11.0. The molecule has 0 bridgehead atoms. The molecule has 16 heavy (non-hydrogen) atoms. The molecule has 0 aromatic carbocycles. The van der Waals surface area contributed by atoms with Crippen LogP contribution in [0.15, 0.2) is 0 Å². The predicted molar refractivity (Wildman–Crippen MR) is 69.6 cm³/mol. The Hall–Kier alpha value is -0.0800. The first-order valence-electron chi connectivity index (χ1n) is 7.21. The molecule has 2 nitrogen and oxygen atoms in total. The van der Waals surface area contributed by atoms with Gasteiger partial charge < -0.3 is 10.6 Å². The van der Waals surface area contributed by atoms with Gasteiger partial charge in [-0.05, 0) is 64.0 Å². The Morgan fingerprint density at radius 2 is 2.19 bits per heavy atom. The van der Waals surface area contributed by atoms with Gasteiger partial charge in [-0.3, -0.25) is 0 Å². The monoisotopic (exact) mass is 224 g/mol. The molecule has 1 aliphatic carbocycles. The summed E-state index contributed by atoms with van der Waals surface area (Å²) in [6.45, 7) is 7.22. The number of hydrogen-bond donors (Lipinski definition) is 2. The van der Waals surface area contributed by atoms with Gasteiger partial charge in [-0.2, -0.15) is 0 Å². The van der Waals surface area contributed by atoms with Crippen LogP contribution in [0.1, 0.15) is 52.4 Å². The highest BCUT2D eigenvalue weighted by molar-refractivity contribution is 4.80. The van der Waals surface area contributed by atoms with Gasteiger partial charge in [0.05, 0.1) is 0 Å². The van der Waals surface area contributed by atoms with Crippen LogP contribution in [0.2, 0.25) is 0 Å². The molecular weight excluding hydrogens is 196 g/mol. The van der Waals surface area contributed by atoms with E-state index in [1.54, 1.807) is 0 Å². The smallest absolute Gasteiger partial charge is 0.00822 e. The maximum atomic E-state index is 3.73. The van der Waals surface area contributed by atoms with Gasteiger partial charge in [-0.25, -0.2) is 0 Å². The van der Waals surface area contributed by atoms with Gasteiger partial charge in [0.25, 0.3) is 0 Å². The van der Waals surface area contributed by atoms with E-state index in [2.05, 4.69) is 24.5 Å². The molecule has 1 heterocycles. The minimum Gasteiger partial charge on any atom is -0.314 e. The van der Waals surface area contributed by atoms with Crippen molar-refractivity contribution in [1.82, 2.24) is 10.6 Å². The average Bonchev–Trinajstić information content (AvgIpc) is 2.87. The number of nitrogens with one attached hydrogen (secondary N) is 2. The summed E-state index contributed by atoms with van der Waals surface area (Å²) < 4.78 is 0. The fourth-order valence-electron chi connectivity index (χ4n) is 3.35. The van der Waals surface area contributed by atoms with Crippen molar-refractivity contribution in [3.8, 4) is 0 Å². The molecule has 94 valence electrons. The van der Waals surface area contributed by atoms with E-state index in [-0.39, 0.29) is 0 Å². The zero-order chi connectivity index (χ0) is 11.4. The third kappa shape index (κ3) is 3.74. The van der Waals surface area contributed by atoms with Crippen LogP contribution in [0.4, 0.5) is 0 Å². The highest BCUT2D eigenvalue weighted by Crippen LogP contribution is 2.29. The predicted octanol–water partition coefficient (Wildman–Crippen LogP) is 2.54. The van der Waals surface area contributed by atoms with Crippen LogP contribution in [0, 0.1) is 11.8 Å². The van der Waals surface area contributed by atoms with Crippen molar-refractivity contribution in [2.45, 2.75) is 64.5 Å². The van der Waals surface area contributed by atoms with Crippen molar-refractivity contribution in [3.63, 3.8) is 0 Å². The molecule has 2 fully saturated rings. The Labute approximate surface area is 101 Å². The van der Waals surface area contributed by atoms with E-state index < -0.39 is 0 Å². The Kier molecular flexibility index (Phi) is 4.66. The van der Waals surface area contributed by atoms with E-state index in [0.29, 0.717) is 6.04 Å². The first-order valence-corrected chi connectivity index (χ1v) is 7.21. The summed E-state index contributed by atoms with van der Waals surface area (Å²) in [4.78, 5) is 0. The molecule has 0 amide bonds. The maximum Gasteiger partial charge on any atom is 0.00822 e. The molecule has 1 saturated heterocycles. The number of hydrogen-bond acceptors (Lipinski definition) is 2. The van der Waals surface area contributed by atoms with Crippen LogP contribution in [-0.2, 0) is 0 Å². The van der Waals surface area contributed by atoms with Crippen molar-refractivity contribution in [3.05, 3.63) is 0 Å². The first kappa shape index (κ1) is 12.4. The van der Waals surface area contributed by atoms with Crippen molar-refractivity contribution in [2.75, 3.05) is 13.1 Å². The van der Waals surface area contributed by atoms with E-state index in [9.17, 15) is 0 Å². The number of rotatable bonds is 5. The van der Waals surface area contributed by atoms with Crippen LogP contribution in [0.3, 0.4) is 0 Å². The Morgan fingerprint density at radius 1 is 1.31 bits per heavy atom. The van der Waals surface area contributed by atoms with Crippen LogP contribution < -0.4 is 10.6 Å². The second-order valence-electron chi connectivity index (χ2n) is 6.12. The quantitative estimate of drug-likeness (QED) is 0.750. The molecule has 1 saturated carbocycles. The normalized spacial score (nSPS) is 36.8. The molecule has 1 aliphatic heterocycles. The topological polar surface area (TPSA) is 24.1 Å². The minimum atomic E-state index is 0.687. The van der Waals surface area contributed by atoms with Crippen molar-refractivity contribution in [1.29, 1.82) is 0 Å². The summed E-state index contributed by atoms with van der Waals surface area (Å²) in [5.74, 6) is 1.92. The second kappa shape index (κ2) is 6.02. The van der Waals surface area contributed by atoms with Gasteiger partial charge in [0, 0.05) is 12.1 Å². The summed E-state index contributed by atoms with van der Waals surface area (Å²) in [7, 11) is 0. The Balaban J connectivity index is 1.58. The van der Waals surface area contributed by atoms with Gasteiger partial charge in [0.15, 0.2) is 0 Å². The lowest BCUT2D eigenvalue weighted by atomic mass is 10.0. The van der Waals surface area contributed by atoms with Crippen LogP contribution in [0.5, 0.6) is 0 Å². The molecule has 2 rings (SSSR count). The van der Waals surface area contributed by atoms with E-state index in [4.69, 9.17) is 0 Å². The van der Waals surface area contributed by atoms with Crippen LogP contribution >= 0.6 is 0 Å². The molecule has 0 spiro atoms. The molecule has 4 unspecified atom stereocenters. The molecule has 2 aliphatic rings. The third-order valence-electron chi connectivity index (χ3n) is 4.36. The lowest BCUT2D eigenvalue weighted by Crippen LogP contribution is -2.36. The SMILES string of the molecule is CC1CCC(CNC(C)CC2CCCN2)C1. The standard InChI is InChI=1S/C14H28N2/c1-11-5-6-13(8-11)10-16-12(2)9-14-4-3-7-15-14/h11-16H,3-10H2,1-2H3. The highest BCUT2D eigenvalue weighted by Gasteiger charge is 2.22. The maximum absolute atomic E-state index is 3.73. The van der Waals surface area contributed by atoms with Gasteiger partial charge in [-0.15, -0.1) is 0 Å². The molecule has 2 heteroatoms. The van der Waals surface area contributed by atoms with Gasteiger partial charge in [-0.1, -0.05) is 13.3 Å². The summed E-state index contributed by atoms with van der Waals surface area (Å²) in [6, 6.07) is 1.47. The first-order chi connectivity index (χ1) is 7.74. The average molecular weight is 224 g/mol. The van der Waals surface area contributed by atoms with E-state index in [0.717, 1.165) is 17.9 Å². The van der Waals surface area contributed by atoms with Crippen LogP contribution in [-0.4, -0.2) is 25.2 Å². The molecule has 0 aromatic heterocycles. The van der Waals surface area contributed by atoms with Crippen LogP contribution in [0.25, 0.3) is 0 Å². The summed E-state index contributed by atoms with van der Waals surface area (Å²) in [5, 5.41) is 7.31. The summed E-state index contributed by atoms with van der Waals surface area (Å²) >= 11 is 0. The lowest BCUT2D eigenvalue weighted by molar-refractivity contribution is 0.394. The largest absolute Gasteiger partial charge is 0.314 e. The van der Waals surface area contributed by atoms with Gasteiger partial charge >= 0.3 is 0 Å². The van der Waals surface area contributed by atoms with Gasteiger partial charge in [0.2, 0.25) is 0 Å². The molecular formula is C14H28N2. The van der Waals surface area contributed by atoms with E-state index in [1.807, 2.05) is 0 Å². The fourth-order valence-corrected chi connectivity index (χ4v) is 3.35. The highest BCUT2D eigenvalue weighted by atomic mass is 15.0. The lowest BCUT2D eigenvalue weighted by Gasteiger charge is -2.20. The Morgan fingerprint density at radius 3 is 2.81 bits per heavy atom. The third-order valence-corrected chi connectivity index (χ3v) is 4.36. The summed E-state index contributed by atoms with van der Waals surface area (Å²) in [6.07, 6.45) is 8.40. The molecule has 0 radical (unpaired) electrons. The van der Waals surface area contributed by atoms with E-state index in [1.165, 1.54) is 51.6 Å². The van der Waals surface area contributed by atoms with E-state index >= 15 is 0 Å². The van der Waals surface area contributed by atoms with Crippen molar-refractivity contribution in [2.24, 2.45) is 11.8 Å². The Bertz CT molecular complexity index is 199. The summed E-state index contributed by atoms with van der Waals surface area (Å²) in [5.41, 5.74) is 0. The zero-order valence-electron chi connectivity index (χ0n) is 11.0. The van der Waals surface area contributed by atoms with Crippen molar-refractivity contribution < 1.29 is 0 Å².